The Hall–Kier alpha value is -4.15. The molecule has 0 unspecified atom stereocenters. The molecule has 0 aliphatic heterocycles. The Bertz CT molecular complexity index is 1760. The Balaban J connectivity index is 1.81. The van der Waals surface area contributed by atoms with E-state index in [1.807, 2.05) is 82.3 Å². The van der Waals surface area contributed by atoms with Gasteiger partial charge in [-0.15, -0.1) is 0 Å². The number of nitrogens with zero attached hydrogens (tertiary/aromatic N) is 2. The van der Waals surface area contributed by atoms with Gasteiger partial charge in [0.05, 0.1) is 22.2 Å². The van der Waals surface area contributed by atoms with Crippen molar-refractivity contribution < 1.29 is 22.7 Å². The van der Waals surface area contributed by atoms with Crippen LogP contribution in [-0.2, 0) is 32.6 Å². The zero-order chi connectivity index (χ0) is 34.1. The summed E-state index contributed by atoms with van der Waals surface area (Å²) in [6.45, 7) is 7.37. The highest BCUT2D eigenvalue weighted by Crippen LogP contribution is 2.31. The Morgan fingerprint density at radius 1 is 0.872 bits per heavy atom. The number of amides is 2. The second kappa shape index (κ2) is 16.1. The molecule has 0 heterocycles. The number of aryl methyl sites for hydroxylation is 2. The van der Waals surface area contributed by atoms with Gasteiger partial charge in [0.2, 0.25) is 11.8 Å². The van der Waals surface area contributed by atoms with Crippen LogP contribution in [0.1, 0.15) is 42.5 Å². The summed E-state index contributed by atoms with van der Waals surface area (Å²) in [5.74, 6) is -0.336. The fourth-order valence-corrected chi connectivity index (χ4v) is 7.19. The lowest BCUT2D eigenvalue weighted by Crippen LogP contribution is -2.54. The van der Waals surface area contributed by atoms with Crippen LogP contribution in [0.5, 0.6) is 5.75 Å². The van der Waals surface area contributed by atoms with Crippen molar-refractivity contribution in [3.05, 3.63) is 124 Å². The summed E-state index contributed by atoms with van der Waals surface area (Å²) in [5, 5.41) is 3.06. The van der Waals surface area contributed by atoms with Crippen LogP contribution in [0.4, 0.5) is 5.69 Å². The number of anilines is 1. The van der Waals surface area contributed by atoms with Gasteiger partial charge in [-0.1, -0.05) is 84.8 Å². The number of methoxy groups -OCH3 is 1. The molecule has 0 saturated heterocycles. The third-order valence-electron chi connectivity index (χ3n) is 8.06. The minimum absolute atomic E-state index is 0.0148. The van der Waals surface area contributed by atoms with Crippen LogP contribution in [-0.4, -0.2) is 50.9 Å². The largest absolute Gasteiger partial charge is 0.496 e. The number of sulfonamides is 1. The maximum absolute atomic E-state index is 14.6. The number of halogens is 1. The van der Waals surface area contributed by atoms with Gasteiger partial charge >= 0.3 is 0 Å². The lowest BCUT2D eigenvalue weighted by molar-refractivity contribution is -0.140. The Morgan fingerprint density at radius 2 is 1.49 bits per heavy atom. The maximum Gasteiger partial charge on any atom is 0.264 e. The Labute approximate surface area is 286 Å². The van der Waals surface area contributed by atoms with Crippen LogP contribution >= 0.6 is 15.9 Å². The SMILES string of the molecule is CC[C@H](C)NC(=O)[C@@H](Cc1ccccc1)N(Cc1ccc(C)cc1)C(=O)CN(c1ccc(C)cc1)S(=O)(=O)c1ccc(OC)c(Br)c1. The van der Waals surface area contributed by atoms with E-state index in [9.17, 15) is 18.0 Å². The number of benzene rings is 4. The molecular formula is C37H42BrN3O5S. The molecule has 0 radical (unpaired) electrons. The first-order chi connectivity index (χ1) is 22.4. The van der Waals surface area contributed by atoms with Gasteiger partial charge in [0.1, 0.15) is 18.3 Å². The third kappa shape index (κ3) is 9.23. The predicted octanol–water partition coefficient (Wildman–Crippen LogP) is 6.82. The molecule has 4 rings (SSSR count). The van der Waals surface area contributed by atoms with E-state index in [0.717, 1.165) is 26.6 Å². The van der Waals surface area contributed by atoms with Crippen LogP contribution in [0.15, 0.2) is 106 Å². The Morgan fingerprint density at radius 3 is 2.06 bits per heavy atom. The molecule has 10 heteroatoms. The normalized spacial score (nSPS) is 12.6. The molecule has 8 nitrogen and oxygen atoms in total. The van der Waals surface area contributed by atoms with Gasteiger partial charge in [0.25, 0.3) is 10.0 Å². The summed E-state index contributed by atoms with van der Waals surface area (Å²) in [6.07, 6.45) is 0.968. The zero-order valence-electron chi connectivity index (χ0n) is 27.4. The third-order valence-corrected chi connectivity index (χ3v) is 10.4. The molecule has 0 spiro atoms. The van der Waals surface area contributed by atoms with Crippen molar-refractivity contribution >= 4 is 43.5 Å². The lowest BCUT2D eigenvalue weighted by atomic mass is 10.0. The van der Waals surface area contributed by atoms with Gasteiger partial charge in [-0.3, -0.25) is 13.9 Å². The van der Waals surface area contributed by atoms with E-state index in [1.165, 1.54) is 24.1 Å². The van der Waals surface area contributed by atoms with Crippen molar-refractivity contribution in [3.8, 4) is 5.75 Å². The van der Waals surface area contributed by atoms with Crippen LogP contribution in [0, 0.1) is 13.8 Å². The van der Waals surface area contributed by atoms with Gasteiger partial charge in [0.15, 0.2) is 0 Å². The number of carbonyl (C=O) groups excluding carboxylic acids is 2. The van der Waals surface area contributed by atoms with Crippen LogP contribution in [0.3, 0.4) is 0 Å². The van der Waals surface area contributed by atoms with E-state index in [1.54, 1.807) is 30.3 Å². The summed E-state index contributed by atoms with van der Waals surface area (Å²) in [7, 11) is -2.75. The molecule has 4 aromatic carbocycles. The molecule has 1 N–H and O–H groups in total. The molecule has 0 aromatic heterocycles. The molecule has 0 fully saturated rings. The van der Waals surface area contributed by atoms with Crippen molar-refractivity contribution in [2.75, 3.05) is 18.0 Å². The van der Waals surface area contributed by atoms with E-state index in [2.05, 4.69) is 21.2 Å². The smallest absolute Gasteiger partial charge is 0.264 e. The molecule has 0 bridgehead atoms. The number of ether oxygens (including phenoxy) is 1. The van der Waals surface area contributed by atoms with E-state index in [4.69, 9.17) is 4.74 Å². The zero-order valence-corrected chi connectivity index (χ0v) is 29.8. The van der Waals surface area contributed by atoms with Crippen molar-refractivity contribution in [1.29, 1.82) is 0 Å². The topological polar surface area (TPSA) is 96.0 Å². The summed E-state index contributed by atoms with van der Waals surface area (Å²) < 4.78 is 35.5. The van der Waals surface area contributed by atoms with Gasteiger partial charge in [-0.25, -0.2) is 8.42 Å². The number of hydrogen-bond donors (Lipinski definition) is 1. The minimum atomic E-state index is -4.25. The molecule has 248 valence electrons. The molecule has 47 heavy (non-hydrogen) atoms. The van der Waals surface area contributed by atoms with E-state index >= 15 is 0 Å². The van der Waals surface area contributed by atoms with Gasteiger partial charge in [0, 0.05) is 19.0 Å². The first-order valence-electron chi connectivity index (χ1n) is 15.5. The van der Waals surface area contributed by atoms with Crippen LogP contribution in [0.25, 0.3) is 0 Å². The second-order valence-corrected chi connectivity index (χ2v) is 14.4. The summed E-state index contributed by atoms with van der Waals surface area (Å²) >= 11 is 3.40. The minimum Gasteiger partial charge on any atom is -0.496 e. The summed E-state index contributed by atoms with van der Waals surface area (Å²) in [6, 6.07) is 27.7. The average molecular weight is 721 g/mol. The number of nitrogens with one attached hydrogen (secondary N) is 1. The standard InChI is InChI=1S/C37H42BrN3O5S/c1-6-28(4)39-37(43)34(22-29-10-8-7-9-11-29)40(24-30-16-12-26(2)13-17-30)36(42)25-41(31-18-14-27(3)15-19-31)47(44,45)32-20-21-35(46-5)33(38)23-32/h7-21,23,28,34H,6,22,24-25H2,1-5H3,(H,39,43)/t28-,34+/m0/s1. The molecule has 0 aliphatic rings. The Kier molecular flexibility index (Phi) is 12.2. The number of rotatable bonds is 14. The van der Waals surface area contributed by atoms with Crippen LogP contribution in [0.2, 0.25) is 0 Å². The van der Waals surface area contributed by atoms with E-state index < -0.39 is 28.5 Å². The molecular weight excluding hydrogens is 678 g/mol. The number of carbonyl (C=O) groups is 2. The molecule has 2 amide bonds. The van der Waals surface area contributed by atoms with Crippen molar-refractivity contribution in [2.24, 2.45) is 0 Å². The predicted molar refractivity (Wildman–Crippen MR) is 190 cm³/mol. The van der Waals surface area contributed by atoms with Crippen molar-refractivity contribution in [2.45, 2.75) is 64.1 Å². The van der Waals surface area contributed by atoms with Gasteiger partial charge in [-0.2, -0.15) is 0 Å². The molecule has 2 atom stereocenters. The summed E-state index contributed by atoms with van der Waals surface area (Å²) in [4.78, 5) is 30.1. The van der Waals surface area contributed by atoms with Crippen LogP contribution < -0.4 is 14.4 Å². The highest BCUT2D eigenvalue weighted by molar-refractivity contribution is 9.10. The fourth-order valence-electron chi connectivity index (χ4n) is 5.06. The highest BCUT2D eigenvalue weighted by atomic mass is 79.9. The monoisotopic (exact) mass is 719 g/mol. The average Bonchev–Trinajstić information content (AvgIpc) is 3.06. The fraction of sp³-hybridized carbons (Fsp3) is 0.297. The van der Waals surface area contributed by atoms with E-state index in [0.29, 0.717) is 22.3 Å². The first kappa shape index (κ1) is 35.7. The van der Waals surface area contributed by atoms with Gasteiger partial charge < -0.3 is 15.0 Å². The molecule has 0 aliphatic carbocycles. The molecule has 4 aromatic rings. The number of hydrogen-bond acceptors (Lipinski definition) is 5. The maximum atomic E-state index is 14.6. The quantitative estimate of drug-likeness (QED) is 0.154. The highest BCUT2D eigenvalue weighted by Gasteiger charge is 2.35. The first-order valence-corrected chi connectivity index (χ1v) is 17.8. The second-order valence-electron chi connectivity index (χ2n) is 11.7. The van der Waals surface area contributed by atoms with Gasteiger partial charge in [-0.05, 0) is 84.6 Å². The molecule has 0 saturated carbocycles. The van der Waals surface area contributed by atoms with E-state index in [-0.39, 0.29) is 29.8 Å². The lowest BCUT2D eigenvalue weighted by Gasteiger charge is -2.34. The van der Waals surface area contributed by atoms with Crippen molar-refractivity contribution in [3.63, 3.8) is 0 Å². The summed E-state index contributed by atoms with van der Waals surface area (Å²) in [5.41, 5.74) is 4.03. The van der Waals surface area contributed by atoms with Crippen molar-refractivity contribution in [1.82, 2.24) is 10.2 Å².